The highest BCUT2D eigenvalue weighted by Gasteiger charge is 2.22. The minimum absolute atomic E-state index is 0.0489. The number of aryl methyl sites for hydroxylation is 1. The fourth-order valence-electron chi connectivity index (χ4n) is 4.11. The molecule has 5 heteroatoms. The lowest BCUT2D eigenvalue weighted by atomic mass is 9.89. The van der Waals surface area contributed by atoms with Crippen molar-refractivity contribution >= 4 is 10.9 Å². The van der Waals surface area contributed by atoms with E-state index < -0.39 is 0 Å². The van der Waals surface area contributed by atoms with Crippen LogP contribution in [0.3, 0.4) is 0 Å². The van der Waals surface area contributed by atoms with Crippen LogP contribution in [0.5, 0.6) is 0 Å². The van der Waals surface area contributed by atoms with Gasteiger partial charge in [-0.25, -0.2) is 4.68 Å². The number of fused-ring (bicyclic) bond motifs is 3. The smallest absolute Gasteiger partial charge is 0.277 e. The van der Waals surface area contributed by atoms with Gasteiger partial charge in [-0.1, -0.05) is 37.5 Å². The molecule has 0 spiro atoms. The largest absolute Gasteiger partial charge is 0.346 e. The Hall–Kier alpha value is -2.14. The van der Waals surface area contributed by atoms with Gasteiger partial charge in [-0.15, -0.1) is 0 Å². The van der Waals surface area contributed by atoms with E-state index in [1.165, 1.54) is 32.1 Å². The molecule has 0 radical (unpaired) electrons. The van der Waals surface area contributed by atoms with Gasteiger partial charge in [-0.2, -0.15) is 5.10 Å². The normalized spacial score (nSPS) is 16.0. The van der Waals surface area contributed by atoms with Crippen molar-refractivity contribution in [2.45, 2.75) is 51.6 Å². The topological polar surface area (TPSA) is 65.8 Å². The van der Waals surface area contributed by atoms with Gasteiger partial charge in [0.2, 0.25) is 0 Å². The molecule has 1 aliphatic carbocycles. The van der Waals surface area contributed by atoms with Crippen molar-refractivity contribution in [3.8, 4) is 11.3 Å². The van der Waals surface area contributed by atoms with Crippen LogP contribution >= 0.6 is 0 Å². The summed E-state index contributed by atoms with van der Waals surface area (Å²) >= 11 is 0. The van der Waals surface area contributed by atoms with Crippen molar-refractivity contribution in [1.82, 2.24) is 14.3 Å². The maximum Gasteiger partial charge on any atom is 0.277 e. The minimum atomic E-state index is 0.0489. The highest BCUT2D eigenvalue weighted by Crippen LogP contribution is 2.29. The molecule has 2 aliphatic heterocycles. The summed E-state index contributed by atoms with van der Waals surface area (Å²) < 4.78 is 3.86. The summed E-state index contributed by atoms with van der Waals surface area (Å²) in [6.45, 7) is 2.22. The molecule has 2 N–H and O–H groups in total. The fraction of sp³-hybridized carbons (Fsp3) is 0.500. The van der Waals surface area contributed by atoms with Gasteiger partial charge in [-0.3, -0.25) is 4.79 Å². The van der Waals surface area contributed by atoms with Crippen LogP contribution in [0.1, 0.15) is 38.5 Å². The number of nitrogens with two attached hydrogens (primary N) is 1. The first-order valence-electron chi connectivity index (χ1n) is 9.46. The van der Waals surface area contributed by atoms with Gasteiger partial charge in [-0.05, 0) is 37.8 Å². The summed E-state index contributed by atoms with van der Waals surface area (Å²) in [6, 6.07) is 8.20. The van der Waals surface area contributed by atoms with E-state index in [0.717, 1.165) is 41.7 Å². The Bertz CT molecular complexity index is 888. The molecule has 3 aliphatic rings. The lowest BCUT2D eigenvalue weighted by Gasteiger charge is -2.20. The Morgan fingerprint density at radius 2 is 1.96 bits per heavy atom. The summed E-state index contributed by atoms with van der Waals surface area (Å²) in [5.41, 5.74) is 8.41. The van der Waals surface area contributed by atoms with Crippen molar-refractivity contribution in [2.75, 3.05) is 6.54 Å². The number of para-hydroxylation sites is 1. The summed E-state index contributed by atoms with van der Waals surface area (Å²) in [4.78, 5) is 12.9. The molecule has 1 aromatic carbocycles. The standard InChI is InChI=1S/C20H26N4O/c21-11-6-12-23-14-17-19(16-9-4-5-10-18(16)23)22-24(20(17)25)13-15-7-2-1-3-8-15/h4-5,9-10,14-15H,1-3,6-8,11-13,21H2. The van der Waals surface area contributed by atoms with Crippen LogP contribution in [-0.4, -0.2) is 20.9 Å². The summed E-state index contributed by atoms with van der Waals surface area (Å²) in [5.74, 6) is 0.589. The van der Waals surface area contributed by atoms with E-state index in [2.05, 4.69) is 16.7 Å². The maximum atomic E-state index is 12.9. The number of aromatic nitrogens is 3. The molecule has 1 aromatic rings. The fourth-order valence-corrected chi connectivity index (χ4v) is 4.11. The van der Waals surface area contributed by atoms with E-state index in [4.69, 9.17) is 10.8 Å². The molecule has 5 nitrogen and oxygen atoms in total. The summed E-state index contributed by atoms with van der Waals surface area (Å²) in [6.07, 6.45) is 9.18. The van der Waals surface area contributed by atoms with E-state index in [1.54, 1.807) is 4.68 Å². The van der Waals surface area contributed by atoms with Crippen molar-refractivity contribution < 1.29 is 0 Å². The first-order chi connectivity index (χ1) is 12.3. The summed E-state index contributed by atoms with van der Waals surface area (Å²) in [5, 5.41) is 5.77. The average Bonchev–Trinajstić information content (AvgIpc) is 2.97. The van der Waals surface area contributed by atoms with E-state index in [-0.39, 0.29) is 5.56 Å². The van der Waals surface area contributed by atoms with Crippen LogP contribution in [0.4, 0.5) is 0 Å². The van der Waals surface area contributed by atoms with Crippen LogP contribution in [0, 0.1) is 5.92 Å². The monoisotopic (exact) mass is 338 g/mol. The lowest BCUT2D eigenvalue weighted by molar-refractivity contribution is 0.305. The van der Waals surface area contributed by atoms with Gasteiger partial charge in [0, 0.05) is 24.7 Å². The molecule has 132 valence electrons. The minimum Gasteiger partial charge on any atom is -0.346 e. The molecule has 0 amide bonds. The number of hydrogen-bond acceptors (Lipinski definition) is 3. The van der Waals surface area contributed by atoms with Gasteiger partial charge in [0.15, 0.2) is 0 Å². The van der Waals surface area contributed by atoms with Crippen LogP contribution in [0.15, 0.2) is 35.3 Å². The quantitative estimate of drug-likeness (QED) is 0.777. The van der Waals surface area contributed by atoms with Crippen molar-refractivity contribution in [1.29, 1.82) is 0 Å². The molecule has 1 saturated carbocycles. The van der Waals surface area contributed by atoms with Gasteiger partial charge in [0.1, 0.15) is 5.69 Å². The van der Waals surface area contributed by atoms with Crippen molar-refractivity contribution in [3.05, 3.63) is 40.8 Å². The zero-order valence-electron chi connectivity index (χ0n) is 14.7. The highest BCUT2D eigenvalue weighted by atomic mass is 16.1. The Balaban J connectivity index is 1.80. The maximum absolute atomic E-state index is 12.9. The second kappa shape index (κ2) is 7.00. The SMILES string of the molecule is NCCCn1cc2c(=O)n(CC3CCCCC3)nc-2c2ccccc21. The number of pyridine rings is 1. The van der Waals surface area contributed by atoms with Crippen molar-refractivity contribution in [2.24, 2.45) is 11.7 Å². The molecule has 0 atom stereocenters. The molecule has 2 heterocycles. The third-order valence-corrected chi connectivity index (χ3v) is 5.45. The van der Waals surface area contributed by atoms with Gasteiger partial charge < -0.3 is 10.3 Å². The Kier molecular flexibility index (Phi) is 4.57. The molecule has 0 unspecified atom stereocenters. The Morgan fingerprint density at radius 3 is 2.76 bits per heavy atom. The molecule has 0 saturated heterocycles. The lowest BCUT2D eigenvalue weighted by Crippen LogP contribution is -2.23. The van der Waals surface area contributed by atoms with Crippen LogP contribution in [-0.2, 0) is 13.1 Å². The van der Waals surface area contributed by atoms with Gasteiger partial charge in [0.25, 0.3) is 5.56 Å². The van der Waals surface area contributed by atoms with Crippen LogP contribution in [0.2, 0.25) is 0 Å². The second-order valence-corrected chi connectivity index (χ2v) is 7.24. The molecule has 0 bridgehead atoms. The Labute approximate surface area is 147 Å². The van der Waals surface area contributed by atoms with E-state index in [9.17, 15) is 4.79 Å². The highest BCUT2D eigenvalue weighted by molar-refractivity contribution is 5.93. The first-order valence-corrected chi connectivity index (χ1v) is 9.46. The predicted molar refractivity (Wildman–Crippen MR) is 101 cm³/mol. The number of nitrogens with zero attached hydrogens (tertiary/aromatic N) is 3. The molecule has 25 heavy (non-hydrogen) atoms. The zero-order valence-corrected chi connectivity index (χ0v) is 14.7. The van der Waals surface area contributed by atoms with Crippen LogP contribution < -0.4 is 11.3 Å². The third kappa shape index (κ3) is 3.09. The number of benzene rings is 1. The van der Waals surface area contributed by atoms with Crippen molar-refractivity contribution in [3.63, 3.8) is 0 Å². The van der Waals surface area contributed by atoms with E-state index in [1.807, 2.05) is 18.3 Å². The first kappa shape index (κ1) is 16.3. The molecular formula is C20H26N4O. The predicted octanol–water partition coefficient (Wildman–Crippen LogP) is 3.23. The average molecular weight is 338 g/mol. The third-order valence-electron chi connectivity index (χ3n) is 5.45. The van der Waals surface area contributed by atoms with Gasteiger partial charge in [0.05, 0.1) is 11.1 Å². The zero-order chi connectivity index (χ0) is 17.2. The second-order valence-electron chi connectivity index (χ2n) is 7.24. The number of hydrogen-bond donors (Lipinski definition) is 1. The molecule has 0 aromatic heterocycles. The molecule has 4 rings (SSSR count). The number of rotatable bonds is 5. The van der Waals surface area contributed by atoms with E-state index in [0.29, 0.717) is 12.5 Å². The molecule has 1 fully saturated rings. The summed E-state index contributed by atoms with van der Waals surface area (Å²) in [7, 11) is 0. The van der Waals surface area contributed by atoms with E-state index >= 15 is 0 Å². The molecular weight excluding hydrogens is 312 g/mol. The van der Waals surface area contributed by atoms with Gasteiger partial charge >= 0.3 is 0 Å². The van der Waals surface area contributed by atoms with Crippen LogP contribution in [0.25, 0.3) is 22.2 Å². The Morgan fingerprint density at radius 1 is 1.16 bits per heavy atom.